The molecule has 0 unspecified atom stereocenters. The SMILES string of the molecule is C[C@@H]1CCCC[C@@H]1NC(=O)COC(=O)c1ccc2ccccc2n1. The molecule has 0 saturated heterocycles. The summed E-state index contributed by atoms with van der Waals surface area (Å²) in [7, 11) is 0. The second-order valence-electron chi connectivity index (χ2n) is 6.40. The number of aromatic nitrogens is 1. The second-order valence-corrected chi connectivity index (χ2v) is 6.40. The molecule has 1 saturated carbocycles. The first-order chi connectivity index (χ1) is 11.6. The van der Waals surface area contributed by atoms with Crippen molar-refractivity contribution in [2.24, 2.45) is 5.92 Å². The Hall–Kier alpha value is -2.43. The molecule has 1 aromatic heterocycles. The van der Waals surface area contributed by atoms with Crippen molar-refractivity contribution in [2.45, 2.75) is 38.6 Å². The molecule has 0 spiro atoms. The maximum Gasteiger partial charge on any atom is 0.357 e. The lowest BCUT2D eigenvalue weighted by molar-refractivity contribution is -0.125. The lowest BCUT2D eigenvalue weighted by atomic mass is 9.86. The number of carbonyl (C=O) groups is 2. The molecule has 5 nitrogen and oxygen atoms in total. The molecule has 1 aliphatic carbocycles. The van der Waals surface area contributed by atoms with Crippen LogP contribution in [-0.2, 0) is 9.53 Å². The Labute approximate surface area is 141 Å². The fraction of sp³-hybridized carbons (Fsp3) is 0.421. The Morgan fingerprint density at radius 2 is 1.96 bits per heavy atom. The largest absolute Gasteiger partial charge is 0.451 e. The number of hydrogen-bond acceptors (Lipinski definition) is 4. The summed E-state index contributed by atoms with van der Waals surface area (Å²) in [6.07, 6.45) is 4.48. The normalized spacial score (nSPS) is 20.5. The Balaban J connectivity index is 1.55. The predicted molar refractivity (Wildman–Crippen MR) is 91.6 cm³/mol. The highest BCUT2D eigenvalue weighted by Crippen LogP contribution is 2.23. The van der Waals surface area contributed by atoms with Crippen molar-refractivity contribution in [3.8, 4) is 0 Å². The van der Waals surface area contributed by atoms with Crippen LogP contribution >= 0.6 is 0 Å². The third-order valence-corrected chi connectivity index (χ3v) is 4.60. The average Bonchev–Trinajstić information content (AvgIpc) is 2.61. The van der Waals surface area contributed by atoms with Crippen LogP contribution in [-0.4, -0.2) is 29.5 Å². The fourth-order valence-electron chi connectivity index (χ4n) is 3.16. The van der Waals surface area contributed by atoms with Crippen molar-refractivity contribution in [3.05, 3.63) is 42.1 Å². The Morgan fingerprint density at radius 3 is 2.79 bits per heavy atom. The van der Waals surface area contributed by atoms with Gasteiger partial charge in [0.05, 0.1) is 5.52 Å². The molecular formula is C19H22N2O3. The van der Waals surface area contributed by atoms with E-state index in [-0.39, 0.29) is 24.2 Å². The summed E-state index contributed by atoms with van der Waals surface area (Å²) in [6, 6.07) is 11.2. The number of ether oxygens (including phenoxy) is 1. The summed E-state index contributed by atoms with van der Waals surface area (Å²) in [5, 5.41) is 3.93. The van der Waals surface area contributed by atoms with E-state index in [4.69, 9.17) is 4.74 Å². The minimum Gasteiger partial charge on any atom is -0.451 e. The van der Waals surface area contributed by atoms with Gasteiger partial charge in [0, 0.05) is 11.4 Å². The van der Waals surface area contributed by atoms with Gasteiger partial charge in [-0.15, -0.1) is 0 Å². The summed E-state index contributed by atoms with van der Waals surface area (Å²) < 4.78 is 5.10. The van der Waals surface area contributed by atoms with E-state index in [1.54, 1.807) is 6.07 Å². The standard InChI is InChI=1S/C19H22N2O3/c1-13-6-2-4-8-15(13)21-18(22)12-24-19(23)17-11-10-14-7-3-5-9-16(14)20-17/h3,5,7,9-11,13,15H,2,4,6,8,12H2,1H3,(H,21,22)/t13-,15+/m1/s1. The number of esters is 1. The molecule has 126 valence electrons. The van der Waals surface area contributed by atoms with Crippen molar-refractivity contribution in [3.63, 3.8) is 0 Å². The van der Waals surface area contributed by atoms with E-state index in [0.717, 1.165) is 30.2 Å². The lowest BCUT2D eigenvalue weighted by Crippen LogP contribution is -2.42. The molecule has 1 fully saturated rings. The van der Waals surface area contributed by atoms with Crippen LogP contribution in [0.3, 0.4) is 0 Å². The zero-order chi connectivity index (χ0) is 16.9. The van der Waals surface area contributed by atoms with E-state index in [2.05, 4.69) is 17.2 Å². The van der Waals surface area contributed by atoms with Gasteiger partial charge in [0.1, 0.15) is 5.69 Å². The van der Waals surface area contributed by atoms with Crippen molar-refractivity contribution < 1.29 is 14.3 Å². The maximum atomic E-state index is 12.1. The molecule has 1 aromatic carbocycles. The summed E-state index contributed by atoms with van der Waals surface area (Å²) in [4.78, 5) is 28.4. The van der Waals surface area contributed by atoms with Crippen LogP contribution in [0.25, 0.3) is 10.9 Å². The number of rotatable bonds is 4. The van der Waals surface area contributed by atoms with Gasteiger partial charge in [0.2, 0.25) is 0 Å². The molecule has 0 bridgehead atoms. The minimum absolute atomic E-state index is 0.184. The zero-order valence-corrected chi connectivity index (χ0v) is 13.8. The monoisotopic (exact) mass is 326 g/mol. The number of nitrogens with one attached hydrogen (secondary N) is 1. The van der Waals surface area contributed by atoms with Gasteiger partial charge in [-0.25, -0.2) is 9.78 Å². The number of benzene rings is 1. The molecule has 5 heteroatoms. The maximum absolute atomic E-state index is 12.1. The highest BCUT2D eigenvalue weighted by Gasteiger charge is 2.23. The first-order valence-corrected chi connectivity index (χ1v) is 8.46. The molecule has 1 amide bonds. The third kappa shape index (κ3) is 3.91. The van der Waals surface area contributed by atoms with Gasteiger partial charge in [0.15, 0.2) is 6.61 Å². The van der Waals surface area contributed by atoms with Gasteiger partial charge in [-0.05, 0) is 30.9 Å². The highest BCUT2D eigenvalue weighted by atomic mass is 16.5. The number of hydrogen-bond donors (Lipinski definition) is 1. The van der Waals surface area contributed by atoms with Crippen LogP contribution in [0.4, 0.5) is 0 Å². The van der Waals surface area contributed by atoms with E-state index >= 15 is 0 Å². The van der Waals surface area contributed by atoms with E-state index in [9.17, 15) is 9.59 Å². The molecule has 24 heavy (non-hydrogen) atoms. The topological polar surface area (TPSA) is 68.3 Å². The molecule has 3 rings (SSSR count). The van der Waals surface area contributed by atoms with Gasteiger partial charge in [-0.3, -0.25) is 4.79 Å². The number of nitrogens with zero attached hydrogens (tertiary/aromatic N) is 1. The predicted octanol–water partition coefficient (Wildman–Crippen LogP) is 3.09. The number of amides is 1. The van der Waals surface area contributed by atoms with Gasteiger partial charge in [-0.2, -0.15) is 0 Å². The molecule has 2 aromatic rings. The van der Waals surface area contributed by atoms with Crippen LogP contribution in [0.1, 0.15) is 43.1 Å². The molecule has 0 aliphatic heterocycles. The van der Waals surface area contributed by atoms with Crippen molar-refractivity contribution in [1.82, 2.24) is 10.3 Å². The molecule has 1 heterocycles. The first-order valence-electron chi connectivity index (χ1n) is 8.46. The summed E-state index contributed by atoms with van der Waals surface area (Å²) >= 11 is 0. The van der Waals surface area contributed by atoms with Gasteiger partial charge in [-0.1, -0.05) is 44.0 Å². The van der Waals surface area contributed by atoms with Crippen molar-refractivity contribution in [2.75, 3.05) is 6.61 Å². The van der Waals surface area contributed by atoms with E-state index in [1.165, 1.54) is 6.42 Å². The molecule has 1 aliphatic rings. The number of para-hydroxylation sites is 1. The molecule has 2 atom stereocenters. The van der Waals surface area contributed by atoms with E-state index in [1.807, 2.05) is 30.3 Å². The quantitative estimate of drug-likeness (QED) is 0.877. The van der Waals surface area contributed by atoms with E-state index in [0.29, 0.717) is 5.92 Å². The van der Waals surface area contributed by atoms with Crippen LogP contribution < -0.4 is 5.32 Å². The van der Waals surface area contributed by atoms with Crippen LogP contribution in [0, 0.1) is 5.92 Å². The molecular weight excluding hydrogens is 304 g/mol. The summed E-state index contributed by atoms with van der Waals surface area (Å²) in [5.41, 5.74) is 0.944. The van der Waals surface area contributed by atoms with Crippen LogP contribution in [0.15, 0.2) is 36.4 Å². The third-order valence-electron chi connectivity index (χ3n) is 4.60. The Kier molecular flexibility index (Phi) is 5.08. The van der Waals surface area contributed by atoms with Crippen LogP contribution in [0.2, 0.25) is 0 Å². The summed E-state index contributed by atoms with van der Waals surface area (Å²) in [6.45, 7) is 1.88. The van der Waals surface area contributed by atoms with Crippen LogP contribution in [0.5, 0.6) is 0 Å². The van der Waals surface area contributed by atoms with Crippen molar-refractivity contribution in [1.29, 1.82) is 0 Å². The Bertz CT molecular complexity index is 744. The Morgan fingerprint density at radius 1 is 1.17 bits per heavy atom. The minimum atomic E-state index is -0.576. The number of fused-ring (bicyclic) bond motifs is 1. The number of carbonyl (C=O) groups excluding carboxylic acids is 2. The number of pyridine rings is 1. The fourth-order valence-corrected chi connectivity index (χ4v) is 3.16. The second kappa shape index (κ2) is 7.43. The zero-order valence-electron chi connectivity index (χ0n) is 13.8. The molecule has 0 radical (unpaired) electrons. The molecule has 1 N–H and O–H groups in total. The van der Waals surface area contributed by atoms with Gasteiger partial charge in [0.25, 0.3) is 5.91 Å². The summed E-state index contributed by atoms with van der Waals surface area (Å²) in [5.74, 6) is -0.351. The first kappa shape index (κ1) is 16.4. The van der Waals surface area contributed by atoms with Gasteiger partial charge < -0.3 is 10.1 Å². The highest BCUT2D eigenvalue weighted by molar-refractivity contribution is 5.92. The van der Waals surface area contributed by atoms with E-state index < -0.39 is 5.97 Å². The van der Waals surface area contributed by atoms with Crippen molar-refractivity contribution >= 4 is 22.8 Å². The average molecular weight is 326 g/mol. The lowest BCUT2D eigenvalue weighted by Gasteiger charge is -2.29. The smallest absolute Gasteiger partial charge is 0.357 e. The van der Waals surface area contributed by atoms with Gasteiger partial charge >= 0.3 is 5.97 Å².